The zero-order valence-electron chi connectivity index (χ0n) is 14.9. The second-order valence-electron chi connectivity index (χ2n) is 6.54. The molecule has 0 radical (unpaired) electrons. The quantitative estimate of drug-likeness (QED) is 0.731. The first kappa shape index (κ1) is 17.2. The van der Waals surface area contributed by atoms with Gasteiger partial charge in [0.1, 0.15) is 12.4 Å². The average molecular weight is 360 g/mol. The van der Waals surface area contributed by atoms with Crippen molar-refractivity contribution in [3.8, 4) is 5.75 Å². The molecule has 0 fully saturated rings. The third kappa shape index (κ3) is 3.99. The number of ether oxygens (including phenoxy) is 2. The molecule has 1 aromatic heterocycles. The highest BCUT2D eigenvalue weighted by Crippen LogP contribution is 2.23. The van der Waals surface area contributed by atoms with Crippen LogP contribution in [0.2, 0.25) is 0 Å². The molecule has 0 bridgehead atoms. The van der Waals surface area contributed by atoms with Gasteiger partial charge in [0.2, 0.25) is 0 Å². The average Bonchev–Trinajstić information content (AvgIpc) is 3.15. The highest BCUT2D eigenvalue weighted by atomic mass is 16.5. The van der Waals surface area contributed by atoms with Gasteiger partial charge in [0.25, 0.3) is 5.91 Å². The van der Waals surface area contributed by atoms with E-state index in [1.54, 1.807) is 0 Å². The van der Waals surface area contributed by atoms with E-state index in [0.29, 0.717) is 37.5 Å². The number of carbonyl (C=O) groups excluding carboxylic acids is 1. The number of hydrogen-bond donors (Lipinski definition) is 1. The number of aromatic nitrogens is 1. The fraction of sp³-hybridized carbons (Fsp3) is 0.182. The summed E-state index contributed by atoms with van der Waals surface area (Å²) in [7, 11) is 0. The van der Waals surface area contributed by atoms with E-state index in [1.807, 2.05) is 60.7 Å². The summed E-state index contributed by atoms with van der Waals surface area (Å²) in [6, 6.07) is 19.7. The second-order valence-corrected chi connectivity index (χ2v) is 6.54. The largest absolute Gasteiger partial charge is 0.489 e. The molecule has 27 heavy (non-hydrogen) atoms. The summed E-state index contributed by atoms with van der Waals surface area (Å²) >= 11 is 0. The van der Waals surface area contributed by atoms with Crippen LogP contribution in [-0.4, -0.2) is 10.9 Å². The minimum atomic E-state index is -0.463. The first-order valence-corrected chi connectivity index (χ1v) is 8.84. The van der Waals surface area contributed by atoms with E-state index >= 15 is 0 Å². The number of fused-ring (bicyclic) bond motifs is 1. The number of nitrogens with two attached hydrogens (primary N) is 1. The standard InChI is InChI=1S/C22H20N2O3/c23-22(25)19-11-17-13-26-14-21(17)24-20(19)10-15-6-8-18(9-7-15)27-12-16-4-2-1-3-5-16/h1-9,11H,10,12-14H2,(H2,23,25). The first-order chi connectivity index (χ1) is 13.2. The highest BCUT2D eigenvalue weighted by Gasteiger charge is 2.19. The van der Waals surface area contributed by atoms with Crippen molar-refractivity contribution in [3.63, 3.8) is 0 Å². The first-order valence-electron chi connectivity index (χ1n) is 8.84. The predicted octanol–water partition coefficient (Wildman–Crippen LogP) is 3.38. The minimum Gasteiger partial charge on any atom is -0.489 e. The maximum absolute atomic E-state index is 11.8. The van der Waals surface area contributed by atoms with Gasteiger partial charge in [-0.25, -0.2) is 0 Å². The molecular weight excluding hydrogens is 340 g/mol. The number of hydrogen-bond acceptors (Lipinski definition) is 4. The number of pyridine rings is 1. The van der Waals surface area contributed by atoms with E-state index in [-0.39, 0.29) is 0 Å². The van der Waals surface area contributed by atoms with Crippen LogP contribution < -0.4 is 10.5 Å². The van der Waals surface area contributed by atoms with Crippen molar-refractivity contribution in [2.45, 2.75) is 26.2 Å². The summed E-state index contributed by atoms with van der Waals surface area (Å²) < 4.78 is 11.2. The van der Waals surface area contributed by atoms with E-state index in [2.05, 4.69) is 4.98 Å². The number of amides is 1. The lowest BCUT2D eigenvalue weighted by Crippen LogP contribution is -2.16. The van der Waals surface area contributed by atoms with Crippen molar-refractivity contribution >= 4 is 5.91 Å². The molecule has 0 atom stereocenters. The molecule has 0 unspecified atom stereocenters. The lowest BCUT2D eigenvalue weighted by atomic mass is 10.0. The molecule has 0 saturated carbocycles. The Morgan fingerprint density at radius 3 is 2.56 bits per heavy atom. The molecule has 136 valence electrons. The molecule has 0 aliphatic carbocycles. The third-order valence-corrected chi connectivity index (χ3v) is 4.58. The van der Waals surface area contributed by atoms with Gasteiger partial charge in [-0.3, -0.25) is 9.78 Å². The Morgan fingerprint density at radius 1 is 1.04 bits per heavy atom. The summed E-state index contributed by atoms with van der Waals surface area (Å²) in [4.78, 5) is 16.4. The summed E-state index contributed by atoms with van der Waals surface area (Å²) in [5.74, 6) is 0.336. The SMILES string of the molecule is NC(=O)c1cc2c(nc1Cc1ccc(OCc3ccccc3)cc1)COC2. The zero-order valence-corrected chi connectivity index (χ0v) is 14.9. The van der Waals surface area contributed by atoms with Crippen LogP contribution >= 0.6 is 0 Å². The van der Waals surface area contributed by atoms with E-state index in [0.717, 1.165) is 28.1 Å². The molecule has 5 nitrogen and oxygen atoms in total. The maximum atomic E-state index is 11.8. The van der Waals surface area contributed by atoms with Crippen molar-refractivity contribution < 1.29 is 14.3 Å². The summed E-state index contributed by atoms with van der Waals surface area (Å²) in [6.45, 7) is 1.49. The Labute approximate surface area is 157 Å². The van der Waals surface area contributed by atoms with Crippen molar-refractivity contribution in [2.75, 3.05) is 0 Å². The van der Waals surface area contributed by atoms with E-state index < -0.39 is 5.91 Å². The Balaban J connectivity index is 1.48. The molecular formula is C22H20N2O3. The van der Waals surface area contributed by atoms with Crippen LogP contribution in [0.15, 0.2) is 60.7 Å². The van der Waals surface area contributed by atoms with Crippen molar-refractivity contribution in [1.29, 1.82) is 0 Å². The van der Waals surface area contributed by atoms with Crippen LogP contribution in [0.1, 0.15) is 38.4 Å². The van der Waals surface area contributed by atoms with Gasteiger partial charge >= 0.3 is 0 Å². The maximum Gasteiger partial charge on any atom is 0.250 e. The topological polar surface area (TPSA) is 74.4 Å². The van der Waals surface area contributed by atoms with Crippen molar-refractivity contribution in [3.05, 3.63) is 94.3 Å². The van der Waals surface area contributed by atoms with Crippen LogP contribution in [0, 0.1) is 0 Å². The lowest BCUT2D eigenvalue weighted by molar-refractivity contribution is 0.0999. The molecule has 1 amide bonds. The monoisotopic (exact) mass is 360 g/mol. The van der Waals surface area contributed by atoms with Crippen LogP contribution in [0.4, 0.5) is 0 Å². The third-order valence-electron chi connectivity index (χ3n) is 4.58. The van der Waals surface area contributed by atoms with Crippen molar-refractivity contribution in [2.24, 2.45) is 5.73 Å². The fourth-order valence-electron chi connectivity index (χ4n) is 3.13. The van der Waals surface area contributed by atoms with Gasteiger partial charge in [-0.05, 0) is 29.3 Å². The van der Waals surface area contributed by atoms with Crippen LogP contribution in [-0.2, 0) is 31.0 Å². The Bertz CT molecular complexity index is 953. The van der Waals surface area contributed by atoms with E-state index in [1.165, 1.54) is 0 Å². The molecule has 1 aliphatic heterocycles. The highest BCUT2D eigenvalue weighted by molar-refractivity contribution is 5.94. The Kier molecular flexibility index (Phi) is 4.85. The van der Waals surface area contributed by atoms with Gasteiger partial charge in [-0.1, -0.05) is 42.5 Å². The zero-order chi connectivity index (χ0) is 18.6. The molecule has 3 aromatic rings. The van der Waals surface area contributed by atoms with Gasteiger partial charge in [0.15, 0.2) is 0 Å². The predicted molar refractivity (Wildman–Crippen MR) is 101 cm³/mol. The molecule has 4 rings (SSSR count). The minimum absolute atomic E-state index is 0.462. The van der Waals surface area contributed by atoms with Gasteiger partial charge in [0, 0.05) is 12.0 Å². The fourth-order valence-corrected chi connectivity index (χ4v) is 3.13. The second kappa shape index (κ2) is 7.60. The van der Waals surface area contributed by atoms with Gasteiger partial charge in [-0.15, -0.1) is 0 Å². The number of benzene rings is 2. The van der Waals surface area contributed by atoms with Crippen LogP contribution in [0.25, 0.3) is 0 Å². The molecule has 2 aromatic carbocycles. The van der Waals surface area contributed by atoms with Crippen molar-refractivity contribution in [1.82, 2.24) is 4.98 Å². The molecule has 2 heterocycles. The number of primary amides is 1. The van der Waals surface area contributed by atoms with Gasteiger partial charge in [0.05, 0.1) is 30.2 Å². The van der Waals surface area contributed by atoms with Gasteiger partial charge in [-0.2, -0.15) is 0 Å². The lowest BCUT2D eigenvalue weighted by Gasteiger charge is -2.10. The molecule has 0 saturated heterocycles. The molecule has 5 heteroatoms. The Morgan fingerprint density at radius 2 is 1.81 bits per heavy atom. The molecule has 1 aliphatic rings. The van der Waals surface area contributed by atoms with E-state index in [4.69, 9.17) is 15.2 Å². The van der Waals surface area contributed by atoms with Gasteiger partial charge < -0.3 is 15.2 Å². The summed E-state index contributed by atoms with van der Waals surface area (Å²) in [5.41, 5.74) is 10.7. The normalized spacial score (nSPS) is 12.6. The molecule has 0 spiro atoms. The summed E-state index contributed by atoms with van der Waals surface area (Å²) in [5, 5.41) is 0. The number of rotatable bonds is 6. The van der Waals surface area contributed by atoms with Crippen LogP contribution in [0.5, 0.6) is 5.75 Å². The smallest absolute Gasteiger partial charge is 0.250 e. The van der Waals surface area contributed by atoms with E-state index in [9.17, 15) is 4.79 Å². The summed E-state index contributed by atoms with van der Waals surface area (Å²) in [6.07, 6.45) is 0.532. The number of nitrogens with zero attached hydrogens (tertiary/aromatic N) is 1. The molecule has 2 N–H and O–H groups in total. The number of carbonyl (C=O) groups is 1. The Hall–Kier alpha value is -3.18. The van der Waals surface area contributed by atoms with Crippen LogP contribution in [0.3, 0.4) is 0 Å².